The molecule has 3 saturated heterocycles. The summed E-state index contributed by atoms with van der Waals surface area (Å²) in [6.07, 6.45) is 4.13. The fraction of sp³-hybridized carbons (Fsp3) is 0.667. The molecule has 1 aromatic rings. The van der Waals surface area contributed by atoms with Crippen molar-refractivity contribution >= 4 is 22.4 Å². The van der Waals surface area contributed by atoms with E-state index in [1.54, 1.807) is 6.20 Å². The number of nitrogens with one attached hydrogen (secondary N) is 1. The first-order valence-electron chi connectivity index (χ1n) is 6.29. The number of nitrogens with zero attached hydrogens (tertiary/aromatic N) is 2. The van der Waals surface area contributed by atoms with Gasteiger partial charge in [0.1, 0.15) is 4.88 Å². The molecule has 4 heterocycles. The summed E-state index contributed by atoms with van der Waals surface area (Å²) in [5, 5.41) is 4.30. The highest BCUT2D eigenvalue weighted by Crippen LogP contribution is 2.30. The zero-order valence-corrected chi connectivity index (χ0v) is 11.2. The Hall–Kier alpha value is -1.14. The number of carbonyl (C=O) groups excluding carboxylic acids is 1. The lowest BCUT2D eigenvalue weighted by Crippen LogP contribution is -2.53. The minimum absolute atomic E-state index is 0.311. The van der Waals surface area contributed by atoms with Gasteiger partial charge in [-0.05, 0) is 31.8 Å². The van der Waals surface area contributed by atoms with Gasteiger partial charge in [-0.1, -0.05) is 11.3 Å². The topological polar surface area (TPSA) is 54.5 Å². The van der Waals surface area contributed by atoms with Crippen LogP contribution in [0.25, 0.3) is 0 Å². The molecule has 0 aliphatic carbocycles. The molecule has 98 valence electrons. The van der Waals surface area contributed by atoms with Gasteiger partial charge >= 0.3 is 5.97 Å². The van der Waals surface area contributed by atoms with E-state index in [0.717, 1.165) is 17.6 Å². The number of hydrogen-bond acceptors (Lipinski definition) is 6. The van der Waals surface area contributed by atoms with E-state index in [1.807, 2.05) is 0 Å². The maximum absolute atomic E-state index is 11.4. The molecule has 3 fully saturated rings. The predicted octanol–water partition coefficient (Wildman–Crippen LogP) is 1.44. The van der Waals surface area contributed by atoms with Crippen molar-refractivity contribution in [1.82, 2.24) is 9.88 Å². The number of hydrogen-bond donors (Lipinski definition) is 1. The van der Waals surface area contributed by atoms with E-state index in [-0.39, 0.29) is 5.97 Å². The van der Waals surface area contributed by atoms with E-state index < -0.39 is 0 Å². The Morgan fingerprint density at radius 2 is 2.33 bits per heavy atom. The molecule has 0 aromatic carbocycles. The molecule has 0 spiro atoms. The minimum Gasteiger partial charge on any atom is -0.465 e. The van der Waals surface area contributed by atoms with Gasteiger partial charge in [0, 0.05) is 12.6 Å². The number of anilines is 1. The van der Waals surface area contributed by atoms with Crippen LogP contribution in [0.3, 0.4) is 0 Å². The van der Waals surface area contributed by atoms with Crippen molar-refractivity contribution in [3.63, 3.8) is 0 Å². The van der Waals surface area contributed by atoms with Crippen LogP contribution >= 0.6 is 11.3 Å². The average molecular weight is 267 g/mol. The molecule has 1 unspecified atom stereocenters. The van der Waals surface area contributed by atoms with Gasteiger partial charge in [0.15, 0.2) is 5.13 Å². The van der Waals surface area contributed by atoms with Crippen LogP contribution in [0.2, 0.25) is 0 Å². The van der Waals surface area contributed by atoms with Gasteiger partial charge < -0.3 is 15.0 Å². The van der Waals surface area contributed by atoms with Gasteiger partial charge in [0.05, 0.1) is 13.3 Å². The zero-order chi connectivity index (χ0) is 12.5. The first-order chi connectivity index (χ1) is 8.76. The summed E-state index contributed by atoms with van der Waals surface area (Å²) in [5.41, 5.74) is 0. The monoisotopic (exact) mass is 267 g/mol. The molecule has 5 nitrogen and oxygen atoms in total. The number of fused-ring (bicyclic) bond motifs is 3. The normalized spacial score (nSPS) is 30.2. The molecule has 18 heavy (non-hydrogen) atoms. The van der Waals surface area contributed by atoms with Crippen molar-refractivity contribution in [2.24, 2.45) is 5.92 Å². The standard InChI is InChI=1S/C12H17N3O2S/c1-17-11(16)10-6-13-12(18-10)14-9-7-15-4-2-8(9)3-5-15/h6,8-9H,2-5,7H2,1H3,(H,13,14). The van der Waals surface area contributed by atoms with Gasteiger partial charge in [-0.2, -0.15) is 0 Å². The smallest absolute Gasteiger partial charge is 0.349 e. The number of piperidine rings is 3. The number of carbonyl (C=O) groups is 1. The summed E-state index contributed by atoms with van der Waals surface area (Å²) in [7, 11) is 1.39. The molecule has 3 aliphatic heterocycles. The molecule has 6 heteroatoms. The van der Waals surface area contributed by atoms with Gasteiger partial charge in [0.2, 0.25) is 0 Å². The highest BCUT2D eigenvalue weighted by Gasteiger charge is 2.34. The molecular formula is C12H17N3O2S. The van der Waals surface area contributed by atoms with Crippen LogP contribution in [0.15, 0.2) is 6.20 Å². The minimum atomic E-state index is -0.311. The number of methoxy groups -OCH3 is 1. The summed E-state index contributed by atoms with van der Waals surface area (Å²) in [6, 6.07) is 0.476. The average Bonchev–Trinajstić information content (AvgIpc) is 2.88. The van der Waals surface area contributed by atoms with Gasteiger partial charge in [-0.15, -0.1) is 0 Å². The number of thiazole rings is 1. The number of esters is 1. The maximum Gasteiger partial charge on any atom is 0.349 e. The Bertz CT molecular complexity index is 440. The molecule has 3 aliphatic rings. The maximum atomic E-state index is 11.4. The third-order valence-electron chi connectivity index (χ3n) is 3.86. The predicted molar refractivity (Wildman–Crippen MR) is 70.0 cm³/mol. The van der Waals surface area contributed by atoms with E-state index in [0.29, 0.717) is 10.9 Å². The number of rotatable bonds is 3. The van der Waals surface area contributed by atoms with Crippen LogP contribution in [-0.2, 0) is 4.74 Å². The quantitative estimate of drug-likeness (QED) is 0.840. The highest BCUT2D eigenvalue weighted by atomic mass is 32.1. The van der Waals surface area contributed by atoms with Gasteiger partial charge in [-0.25, -0.2) is 9.78 Å². The van der Waals surface area contributed by atoms with Crippen LogP contribution in [0.1, 0.15) is 22.5 Å². The molecule has 0 saturated carbocycles. The summed E-state index contributed by atoms with van der Waals surface area (Å²) in [6.45, 7) is 3.56. The molecular weight excluding hydrogens is 250 g/mol. The lowest BCUT2D eigenvalue weighted by molar-refractivity contribution is 0.0606. The van der Waals surface area contributed by atoms with Crippen molar-refractivity contribution in [1.29, 1.82) is 0 Å². The lowest BCUT2D eigenvalue weighted by Gasteiger charge is -2.44. The third-order valence-corrected chi connectivity index (χ3v) is 4.77. The molecule has 1 atom stereocenters. The fourth-order valence-electron chi connectivity index (χ4n) is 2.82. The third kappa shape index (κ3) is 2.22. The summed E-state index contributed by atoms with van der Waals surface area (Å²) < 4.78 is 4.68. The Kier molecular flexibility index (Phi) is 3.22. The van der Waals surface area contributed by atoms with Crippen molar-refractivity contribution in [3.05, 3.63) is 11.1 Å². The molecule has 2 bridgehead atoms. The van der Waals surface area contributed by atoms with E-state index in [4.69, 9.17) is 0 Å². The van der Waals surface area contributed by atoms with Crippen LogP contribution in [0.5, 0.6) is 0 Å². The van der Waals surface area contributed by atoms with Crippen molar-refractivity contribution in [3.8, 4) is 0 Å². The van der Waals surface area contributed by atoms with Crippen LogP contribution in [0, 0.1) is 5.92 Å². The SMILES string of the molecule is COC(=O)c1cnc(NC2CN3CCC2CC3)s1. The lowest BCUT2D eigenvalue weighted by atomic mass is 9.84. The second-order valence-electron chi connectivity index (χ2n) is 4.91. The van der Waals surface area contributed by atoms with Crippen LogP contribution < -0.4 is 5.32 Å². The first kappa shape index (κ1) is 11.9. The van der Waals surface area contributed by atoms with Crippen molar-refractivity contribution in [2.75, 3.05) is 32.1 Å². The van der Waals surface area contributed by atoms with Gasteiger partial charge in [0.25, 0.3) is 0 Å². The fourth-order valence-corrected chi connectivity index (χ4v) is 3.62. The van der Waals surface area contributed by atoms with Crippen LogP contribution in [0.4, 0.5) is 5.13 Å². The Labute approximate surface area is 110 Å². The first-order valence-corrected chi connectivity index (χ1v) is 7.11. The number of aromatic nitrogens is 1. The summed E-state index contributed by atoms with van der Waals surface area (Å²) in [4.78, 5) is 18.7. The molecule has 1 N–H and O–H groups in total. The Morgan fingerprint density at radius 3 is 2.94 bits per heavy atom. The summed E-state index contributed by atoms with van der Waals surface area (Å²) >= 11 is 1.37. The van der Waals surface area contributed by atoms with Gasteiger partial charge in [-0.3, -0.25) is 0 Å². The highest BCUT2D eigenvalue weighted by molar-refractivity contribution is 7.17. The Morgan fingerprint density at radius 1 is 1.56 bits per heavy atom. The van der Waals surface area contributed by atoms with E-state index in [2.05, 4.69) is 19.9 Å². The molecule has 1 aromatic heterocycles. The van der Waals surface area contributed by atoms with E-state index in [9.17, 15) is 4.79 Å². The van der Waals surface area contributed by atoms with Crippen molar-refractivity contribution in [2.45, 2.75) is 18.9 Å². The molecule has 0 radical (unpaired) electrons. The molecule has 0 amide bonds. The second kappa shape index (κ2) is 4.85. The summed E-state index contributed by atoms with van der Waals surface area (Å²) in [5.74, 6) is 0.440. The van der Waals surface area contributed by atoms with E-state index in [1.165, 1.54) is 44.4 Å². The van der Waals surface area contributed by atoms with Crippen LogP contribution in [-0.4, -0.2) is 48.6 Å². The largest absolute Gasteiger partial charge is 0.465 e. The van der Waals surface area contributed by atoms with E-state index >= 15 is 0 Å². The number of ether oxygens (including phenoxy) is 1. The zero-order valence-electron chi connectivity index (χ0n) is 10.4. The van der Waals surface area contributed by atoms with Crippen molar-refractivity contribution < 1.29 is 9.53 Å². The second-order valence-corrected chi connectivity index (χ2v) is 5.94. The molecule has 4 rings (SSSR count). The Balaban J connectivity index is 1.66.